The van der Waals surface area contributed by atoms with Crippen molar-refractivity contribution in [1.82, 2.24) is 5.16 Å². The van der Waals surface area contributed by atoms with Gasteiger partial charge in [0.05, 0.1) is 12.1 Å². The van der Waals surface area contributed by atoms with Gasteiger partial charge < -0.3 is 19.7 Å². The molecule has 6 heteroatoms. The maximum atomic E-state index is 6.23. The molecule has 0 aliphatic rings. The van der Waals surface area contributed by atoms with Crippen molar-refractivity contribution in [2.75, 3.05) is 13.7 Å². The Bertz CT molecular complexity index is 584. The minimum atomic E-state index is 0.268. The van der Waals surface area contributed by atoms with Crippen LogP contribution in [0.5, 0.6) is 11.5 Å². The third-order valence-electron chi connectivity index (χ3n) is 2.76. The van der Waals surface area contributed by atoms with E-state index < -0.39 is 0 Å². The predicted molar refractivity (Wildman–Crippen MR) is 76.3 cm³/mol. The van der Waals surface area contributed by atoms with Crippen molar-refractivity contribution in [2.24, 2.45) is 5.73 Å². The van der Waals surface area contributed by atoms with Gasteiger partial charge in [-0.05, 0) is 37.6 Å². The van der Waals surface area contributed by atoms with Crippen LogP contribution in [0.15, 0.2) is 22.7 Å². The van der Waals surface area contributed by atoms with Crippen LogP contribution in [-0.2, 0) is 13.0 Å². The number of ether oxygens (including phenoxy) is 2. The second-order valence-corrected chi connectivity index (χ2v) is 4.77. The molecule has 0 radical (unpaired) electrons. The highest BCUT2D eigenvalue weighted by molar-refractivity contribution is 6.32. The van der Waals surface area contributed by atoms with Crippen molar-refractivity contribution in [3.05, 3.63) is 40.2 Å². The molecule has 20 heavy (non-hydrogen) atoms. The minimum absolute atomic E-state index is 0.268. The van der Waals surface area contributed by atoms with Crippen molar-refractivity contribution >= 4 is 11.6 Å². The van der Waals surface area contributed by atoms with Crippen LogP contribution in [0, 0.1) is 6.92 Å². The number of benzene rings is 1. The van der Waals surface area contributed by atoms with Crippen LogP contribution in [0.4, 0.5) is 0 Å². The molecule has 0 amide bonds. The largest absolute Gasteiger partial charge is 0.493 e. The maximum Gasteiger partial charge on any atom is 0.180 e. The third kappa shape index (κ3) is 3.43. The lowest BCUT2D eigenvalue weighted by Crippen LogP contribution is -2.04. The highest BCUT2D eigenvalue weighted by Gasteiger charge is 2.13. The van der Waals surface area contributed by atoms with Crippen molar-refractivity contribution in [2.45, 2.75) is 20.0 Å². The summed E-state index contributed by atoms with van der Waals surface area (Å²) in [6.07, 6.45) is 0.735. The Morgan fingerprint density at radius 2 is 2.15 bits per heavy atom. The van der Waals surface area contributed by atoms with E-state index in [0.717, 1.165) is 17.7 Å². The smallest absolute Gasteiger partial charge is 0.180 e. The van der Waals surface area contributed by atoms with Gasteiger partial charge in [0.2, 0.25) is 0 Å². The van der Waals surface area contributed by atoms with Crippen molar-refractivity contribution in [1.29, 1.82) is 0 Å². The SMILES string of the molecule is COc1cc(CCN)cc(Cl)c1OCc1cc(C)on1. The van der Waals surface area contributed by atoms with E-state index in [1.807, 2.05) is 25.1 Å². The molecule has 108 valence electrons. The van der Waals surface area contributed by atoms with Crippen LogP contribution < -0.4 is 15.2 Å². The summed E-state index contributed by atoms with van der Waals surface area (Å²) < 4.78 is 16.0. The second kappa shape index (κ2) is 6.63. The molecule has 0 spiro atoms. The molecule has 0 saturated carbocycles. The Morgan fingerprint density at radius 3 is 2.75 bits per heavy atom. The van der Waals surface area contributed by atoms with E-state index in [1.54, 1.807) is 7.11 Å². The first-order valence-electron chi connectivity index (χ1n) is 6.25. The fraction of sp³-hybridized carbons (Fsp3) is 0.357. The zero-order valence-electron chi connectivity index (χ0n) is 11.5. The van der Waals surface area contributed by atoms with E-state index in [0.29, 0.717) is 28.8 Å². The number of hydrogen-bond acceptors (Lipinski definition) is 5. The molecule has 0 bridgehead atoms. The number of methoxy groups -OCH3 is 1. The average Bonchev–Trinajstić information content (AvgIpc) is 2.83. The fourth-order valence-corrected chi connectivity index (χ4v) is 2.14. The summed E-state index contributed by atoms with van der Waals surface area (Å²) in [5, 5.41) is 4.36. The molecular formula is C14H17ClN2O3. The normalized spacial score (nSPS) is 10.6. The Balaban J connectivity index is 2.17. The first-order chi connectivity index (χ1) is 9.63. The van der Waals surface area contributed by atoms with Crippen LogP contribution >= 0.6 is 11.6 Å². The molecule has 2 rings (SSSR count). The van der Waals surface area contributed by atoms with Crippen LogP contribution in [0.2, 0.25) is 5.02 Å². The number of hydrogen-bond donors (Lipinski definition) is 1. The fourth-order valence-electron chi connectivity index (χ4n) is 1.86. The van der Waals surface area contributed by atoms with Gasteiger partial charge in [-0.15, -0.1) is 0 Å². The predicted octanol–water partition coefficient (Wildman–Crippen LogP) is 2.73. The van der Waals surface area contributed by atoms with Gasteiger partial charge in [0, 0.05) is 6.07 Å². The number of aryl methyl sites for hydroxylation is 1. The molecule has 0 aliphatic carbocycles. The lowest BCUT2D eigenvalue weighted by molar-refractivity contribution is 0.271. The lowest BCUT2D eigenvalue weighted by Gasteiger charge is -2.13. The Morgan fingerprint density at radius 1 is 1.35 bits per heavy atom. The molecule has 1 aromatic carbocycles. The van der Waals surface area contributed by atoms with Gasteiger partial charge in [0.1, 0.15) is 18.1 Å². The summed E-state index contributed by atoms with van der Waals surface area (Å²) >= 11 is 6.23. The Labute approximate surface area is 122 Å². The van der Waals surface area contributed by atoms with Gasteiger partial charge in [-0.25, -0.2) is 0 Å². The topological polar surface area (TPSA) is 70.5 Å². The number of aromatic nitrogens is 1. The monoisotopic (exact) mass is 296 g/mol. The first kappa shape index (κ1) is 14.7. The molecule has 5 nitrogen and oxygen atoms in total. The molecule has 0 unspecified atom stereocenters. The number of rotatable bonds is 6. The minimum Gasteiger partial charge on any atom is -0.493 e. The molecule has 1 heterocycles. The quantitative estimate of drug-likeness (QED) is 0.887. The maximum absolute atomic E-state index is 6.23. The van der Waals surface area contributed by atoms with E-state index in [1.165, 1.54) is 0 Å². The first-order valence-corrected chi connectivity index (χ1v) is 6.63. The molecule has 2 aromatic rings. The van der Waals surface area contributed by atoms with Gasteiger partial charge in [-0.1, -0.05) is 16.8 Å². The molecule has 0 atom stereocenters. The highest BCUT2D eigenvalue weighted by Crippen LogP contribution is 2.37. The third-order valence-corrected chi connectivity index (χ3v) is 3.04. The Hall–Kier alpha value is -1.72. The highest BCUT2D eigenvalue weighted by atomic mass is 35.5. The van der Waals surface area contributed by atoms with Gasteiger partial charge in [-0.2, -0.15) is 0 Å². The zero-order chi connectivity index (χ0) is 14.5. The summed E-state index contributed by atoms with van der Waals surface area (Å²) in [5.41, 5.74) is 7.26. The van der Waals surface area contributed by atoms with Crippen LogP contribution in [-0.4, -0.2) is 18.8 Å². The van der Waals surface area contributed by atoms with Crippen molar-refractivity contribution in [3.8, 4) is 11.5 Å². The second-order valence-electron chi connectivity index (χ2n) is 4.37. The molecule has 0 fully saturated rings. The summed E-state index contributed by atoms with van der Waals surface area (Å²) in [6, 6.07) is 5.52. The Kier molecular flexibility index (Phi) is 4.87. The van der Waals surface area contributed by atoms with Gasteiger partial charge in [0.25, 0.3) is 0 Å². The number of halogens is 1. The average molecular weight is 297 g/mol. The summed E-state index contributed by atoms with van der Waals surface area (Å²) in [6.45, 7) is 2.65. The molecule has 2 N–H and O–H groups in total. The van der Waals surface area contributed by atoms with E-state index in [2.05, 4.69) is 5.16 Å². The van der Waals surface area contributed by atoms with E-state index in [9.17, 15) is 0 Å². The van der Waals surface area contributed by atoms with Crippen LogP contribution in [0.25, 0.3) is 0 Å². The molecule has 0 aliphatic heterocycles. The standard InChI is InChI=1S/C14H17ClN2O3/c1-9-5-11(17-20-9)8-19-14-12(15)6-10(3-4-16)7-13(14)18-2/h5-7H,3-4,8,16H2,1-2H3. The van der Waals surface area contributed by atoms with E-state index >= 15 is 0 Å². The van der Waals surface area contributed by atoms with Crippen LogP contribution in [0.1, 0.15) is 17.0 Å². The van der Waals surface area contributed by atoms with Gasteiger partial charge in [0.15, 0.2) is 11.5 Å². The summed E-state index contributed by atoms with van der Waals surface area (Å²) in [7, 11) is 1.57. The van der Waals surface area contributed by atoms with E-state index in [4.69, 9.17) is 31.3 Å². The molecular weight excluding hydrogens is 280 g/mol. The van der Waals surface area contributed by atoms with Crippen molar-refractivity contribution in [3.63, 3.8) is 0 Å². The van der Waals surface area contributed by atoms with Gasteiger partial charge >= 0.3 is 0 Å². The van der Waals surface area contributed by atoms with Gasteiger partial charge in [-0.3, -0.25) is 0 Å². The van der Waals surface area contributed by atoms with Crippen LogP contribution in [0.3, 0.4) is 0 Å². The zero-order valence-corrected chi connectivity index (χ0v) is 12.2. The number of nitrogens with two attached hydrogens (primary N) is 1. The summed E-state index contributed by atoms with van der Waals surface area (Å²) in [5.74, 6) is 1.82. The molecule has 1 aromatic heterocycles. The summed E-state index contributed by atoms with van der Waals surface area (Å²) in [4.78, 5) is 0. The van der Waals surface area contributed by atoms with E-state index in [-0.39, 0.29) is 6.61 Å². The molecule has 0 saturated heterocycles. The number of nitrogens with zero attached hydrogens (tertiary/aromatic N) is 1. The van der Waals surface area contributed by atoms with Crippen molar-refractivity contribution < 1.29 is 14.0 Å². The lowest BCUT2D eigenvalue weighted by atomic mass is 10.1.